The minimum Gasteiger partial charge on any atom is -0.395 e. The van der Waals surface area contributed by atoms with E-state index in [4.69, 9.17) is 10.4 Å². The van der Waals surface area contributed by atoms with Crippen LogP contribution in [0, 0.1) is 11.3 Å². The van der Waals surface area contributed by atoms with Gasteiger partial charge in [0.2, 0.25) is 0 Å². The molecule has 0 heterocycles. The number of benzene rings is 1. The van der Waals surface area contributed by atoms with Gasteiger partial charge in [0.1, 0.15) is 0 Å². The Balaban J connectivity index is 2.55. The summed E-state index contributed by atoms with van der Waals surface area (Å²) in [5, 5.41) is 20.6. The maximum atomic E-state index is 8.80. The number of nitriles is 1. The molecule has 3 nitrogen and oxygen atoms in total. The molecule has 1 atom stereocenters. The molecule has 0 aliphatic heterocycles. The topological polar surface area (TPSA) is 56.0 Å². The van der Waals surface area contributed by atoms with Gasteiger partial charge >= 0.3 is 0 Å². The first-order chi connectivity index (χ1) is 6.76. The van der Waals surface area contributed by atoms with Crippen LogP contribution in [0.3, 0.4) is 0 Å². The Hall–Kier alpha value is -1.37. The molecular weight excluding hydrogens is 176 g/mol. The van der Waals surface area contributed by atoms with E-state index >= 15 is 0 Å². The summed E-state index contributed by atoms with van der Waals surface area (Å²) in [6, 6.07) is 9.61. The number of nitrogens with one attached hydrogen (secondary N) is 1. The van der Waals surface area contributed by atoms with Gasteiger partial charge in [-0.25, -0.2) is 0 Å². The van der Waals surface area contributed by atoms with Gasteiger partial charge in [0, 0.05) is 12.6 Å². The van der Waals surface area contributed by atoms with Gasteiger partial charge in [-0.15, -0.1) is 0 Å². The average Bonchev–Trinajstić information content (AvgIpc) is 2.26. The van der Waals surface area contributed by atoms with Gasteiger partial charge in [0.25, 0.3) is 0 Å². The van der Waals surface area contributed by atoms with Crippen molar-refractivity contribution in [1.82, 2.24) is 5.32 Å². The van der Waals surface area contributed by atoms with Crippen LogP contribution in [0.2, 0.25) is 0 Å². The third-order valence-electron chi connectivity index (χ3n) is 1.98. The van der Waals surface area contributed by atoms with E-state index in [9.17, 15) is 0 Å². The normalized spacial score (nSPS) is 12.1. The summed E-state index contributed by atoms with van der Waals surface area (Å²) < 4.78 is 0. The Morgan fingerprint density at radius 1 is 1.57 bits per heavy atom. The zero-order chi connectivity index (χ0) is 10.4. The Kier molecular flexibility index (Phi) is 4.11. The van der Waals surface area contributed by atoms with Crippen LogP contribution < -0.4 is 5.32 Å². The van der Waals surface area contributed by atoms with E-state index in [-0.39, 0.29) is 12.6 Å². The van der Waals surface area contributed by atoms with Crippen LogP contribution in [-0.2, 0) is 6.54 Å². The summed E-state index contributed by atoms with van der Waals surface area (Å²) in [4.78, 5) is 0. The number of aliphatic hydroxyl groups excluding tert-OH is 1. The fraction of sp³-hybridized carbons (Fsp3) is 0.364. The Morgan fingerprint density at radius 3 is 3.00 bits per heavy atom. The van der Waals surface area contributed by atoms with Crippen LogP contribution >= 0.6 is 0 Å². The van der Waals surface area contributed by atoms with Crippen LogP contribution in [-0.4, -0.2) is 17.8 Å². The molecule has 2 N–H and O–H groups in total. The molecule has 0 saturated heterocycles. The second-order valence-corrected chi connectivity index (χ2v) is 3.28. The molecule has 74 valence electrons. The molecule has 0 spiro atoms. The van der Waals surface area contributed by atoms with Crippen molar-refractivity contribution in [1.29, 1.82) is 5.26 Å². The fourth-order valence-corrected chi connectivity index (χ4v) is 1.11. The van der Waals surface area contributed by atoms with Gasteiger partial charge in [-0.3, -0.25) is 0 Å². The lowest BCUT2D eigenvalue weighted by atomic mass is 10.1. The van der Waals surface area contributed by atoms with E-state index < -0.39 is 0 Å². The molecule has 0 aliphatic rings. The summed E-state index contributed by atoms with van der Waals surface area (Å²) in [7, 11) is 0. The summed E-state index contributed by atoms with van der Waals surface area (Å²) in [5.41, 5.74) is 1.73. The molecule has 0 aliphatic carbocycles. The zero-order valence-corrected chi connectivity index (χ0v) is 8.20. The Labute approximate surface area is 84.0 Å². The highest BCUT2D eigenvalue weighted by atomic mass is 16.3. The molecule has 1 aromatic rings. The van der Waals surface area contributed by atoms with Gasteiger partial charge in [0.15, 0.2) is 0 Å². The lowest BCUT2D eigenvalue weighted by Gasteiger charge is -2.10. The Bertz CT molecular complexity index is 330. The first kappa shape index (κ1) is 10.7. The third kappa shape index (κ3) is 3.17. The van der Waals surface area contributed by atoms with Crippen molar-refractivity contribution in [3.63, 3.8) is 0 Å². The number of hydrogen-bond acceptors (Lipinski definition) is 3. The van der Waals surface area contributed by atoms with E-state index in [1.807, 2.05) is 25.1 Å². The number of hydrogen-bond donors (Lipinski definition) is 2. The van der Waals surface area contributed by atoms with Gasteiger partial charge in [-0.2, -0.15) is 5.26 Å². The quantitative estimate of drug-likeness (QED) is 0.745. The second kappa shape index (κ2) is 5.38. The molecular formula is C11H14N2O. The van der Waals surface area contributed by atoms with Crippen LogP contribution in [0.5, 0.6) is 0 Å². The molecule has 0 bridgehead atoms. The first-order valence-electron chi connectivity index (χ1n) is 4.59. The highest BCUT2D eigenvalue weighted by Crippen LogP contribution is 2.03. The molecule has 0 unspecified atom stereocenters. The van der Waals surface area contributed by atoms with Crippen molar-refractivity contribution >= 4 is 0 Å². The minimum atomic E-state index is 0.0840. The van der Waals surface area contributed by atoms with Crippen molar-refractivity contribution in [3.8, 4) is 6.07 Å². The van der Waals surface area contributed by atoms with Crippen LogP contribution in [0.25, 0.3) is 0 Å². The summed E-state index contributed by atoms with van der Waals surface area (Å²) in [5.74, 6) is 0. The van der Waals surface area contributed by atoms with Crippen molar-refractivity contribution in [2.45, 2.75) is 19.5 Å². The van der Waals surface area contributed by atoms with Crippen LogP contribution in [0.4, 0.5) is 0 Å². The molecule has 3 heteroatoms. The van der Waals surface area contributed by atoms with E-state index in [2.05, 4.69) is 11.4 Å². The highest BCUT2D eigenvalue weighted by Gasteiger charge is 1.99. The van der Waals surface area contributed by atoms with E-state index in [1.54, 1.807) is 6.07 Å². The van der Waals surface area contributed by atoms with E-state index in [0.29, 0.717) is 12.1 Å². The lowest BCUT2D eigenvalue weighted by Crippen LogP contribution is -2.28. The summed E-state index contributed by atoms with van der Waals surface area (Å²) in [6.45, 7) is 2.71. The zero-order valence-electron chi connectivity index (χ0n) is 8.20. The molecule has 0 radical (unpaired) electrons. The van der Waals surface area contributed by atoms with E-state index in [0.717, 1.165) is 5.56 Å². The smallest absolute Gasteiger partial charge is 0.0991 e. The van der Waals surface area contributed by atoms with Crippen molar-refractivity contribution in [2.75, 3.05) is 6.61 Å². The lowest BCUT2D eigenvalue weighted by molar-refractivity contribution is 0.251. The first-order valence-corrected chi connectivity index (χ1v) is 4.59. The fourth-order valence-electron chi connectivity index (χ4n) is 1.11. The number of nitrogens with zero attached hydrogens (tertiary/aromatic N) is 1. The molecule has 0 amide bonds. The van der Waals surface area contributed by atoms with Crippen LogP contribution in [0.1, 0.15) is 18.1 Å². The van der Waals surface area contributed by atoms with Crippen molar-refractivity contribution in [2.24, 2.45) is 0 Å². The number of aliphatic hydroxyl groups is 1. The largest absolute Gasteiger partial charge is 0.395 e. The molecule has 0 saturated carbocycles. The SMILES string of the molecule is C[C@H](CO)NCc1cccc(C#N)c1. The van der Waals surface area contributed by atoms with Gasteiger partial charge in [-0.05, 0) is 24.6 Å². The monoisotopic (exact) mass is 190 g/mol. The maximum Gasteiger partial charge on any atom is 0.0991 e. The number of rotatable bonds is 4. The third-order valence-corrected chi connectivity index (χ3v) is 1.98. The highest BCUT2D eigenvalue weighted by molar-refractivity contribution is 5.32. The van der Waals surface area contributed by atoms with E-state index in [1.165, 1.54) is 0 Å². The average molecular weight is 190 g/mol. The Morgan fingerprint density at radius 2 is 2.36 bits per heavy atom. The van der Waals surface area contributed by atoms with Gasteiger partial charge in [0.05, 0.1) is 18.2 Å². The molecule has 1 aromatic carbocycles. The van der Waals surface area contributed by atoms with Crippen LogP contribution in [0.15, 0.2) is 24.3 Å². The molecule has 0 aromatic heterocycles. The summed E-state index contributed by atoms with van der Waals surface area (Å²) in [6.07, 6.45) is 0. The van der Waals surface area contributed by atoms with Gasteiger partial charge in [-0.1, -0.05) is 12.1 Å². The predicted octanol–water partition coefficient (Wildman–Crippen LogP) is 1.03. The molecule has 14 heavy (non-hydrogen) atoms. The maximum absolute atomic E-state index is 8.80. The standard InChI is InChI=1S/C11H14N2O/c1-9(8-14)13-7-11-4-2-3-10(5-11)6-12/h2-5,9,13-14H,7-8H2,1H3/t9-/m1/s1. The molecule has 1 rings (SSSR count). The predicted molar refractivity (Wildman–Crippen MR) is 54.5 cm³/mol. The van der Waals surface area contributed by atoms with Crippen molar-refractivity contribution in [3.05, 3.63) is 35.4 Å². The minimum absolute atomic E-state index is 0.0840. The summed E-state index contributed by atoms with van der Waals surface area (Å²) >= 11 is 0. The molecule has 0 fully saturated rings. The second-order valence-electron chi connectivity index (χ2n) is 3.28. The van der Waals surface area contributed by atoms with Crippen molar-refractivity contribution < 1.29 is 5.11 Å². The van der Waals surface area contributed by atoms with Gasteiger partial charge < -0.3 is 10.4 Å².